The van der Waals surface area contributed by atoms with Crippen molar-refractivity contribution in [1.29, 1.82) is 5.26 Å². The second-order valence-corrected chi connectivity index (χ2v) is 7.29. The third kappa shape index (κ3) is 4.61. The number of nitrogens with zero attached hydrogens (tertiary/aromatic N) is 2. The molecule has 3 rings (SSSR count). The summed E-state index contributed by atoms with van der Waals surface area (Å²) in [4.78, 5) is 12.5. The molecule has 134 valence electrons. The minimum atomic E-state index is -0.551. The number of hydrogen-bond acceptors (Lipinski definition) is 2. The summed E-state index contributed by atoms with van der Waals surface area (Å²) in [5.74, 6) is -0.551. The summed E-state index contributed by atoms with van der Waals surface area (Å²) < 4.78 is 2.85. The predicted octanol–water partition coefficient (Wildman–Crippen LogP) is 6.09. The molecule has 0 aliphatic carbocycles. The number of nitriles is 1. The summed E-state index contributed by atoms with van der Waals surface area (Å²) in [6.07, 6.45) is 3.39. The Morgan fingerprint density at radius 2 is 1.89 bits per heavy atom. The Hall–Kier alpha value is -2.52. The fourth-order valence-corrected chi connectivity index (χ4v) is 3.15. The first-order valence-electron chi connectivity index (χ1n) is 7.79. The van der Waals surface area contributed by atoms with Gasteiger partial charge >= 0.3 is 0 Å². The molecule has 4 nitrogen and oxygen atoms in total. The molecule has 0 aliphatic rings. The highest BCUT2D eigenvalue weighted by Crippen LogP contribution is 2.26. The van der Waals surface area contributed by atoms with Crippen LogP contribution in [0.1, 0.15) is 5.69 Å². The summed E-state index contributed by atoms with van der Waals surface area (Å²) in [6.45, 7) is 0. The highest BCUT2D eigenvalue weighted by atomic mass is 79.9. The number of hydrogen-bond donors (Lipinski definition) is 1. The monoisotopic (exact) mass is 459 g/mol. The SMILES string of the molecule is N#C/C(=C\c1cccn1-c1ccc(Br)cc1)C(=O)Nc1ccc(Cl)cc1Cl. The lowest BCUT2D eigenvalue weighted by Gasteiger charge is -2.09. The molecule has 0 radical (unpaired) electrons. The Bertz CT molecular complexity index is 1070. The summed E-state index contributed by atoms with van der Waals surface area (Å²) in [6, 6.07) is 18.0. The van der Waals surface area contributed by atoms with Gasteiger partial charge < -0.3 is 9.88 Å². The fraction of sp³-hybridized carbons (Fsp3) is 0. The van der Waals surface area contributed by atoms with Crippen molar-refractivity contribution in [2.24, 2.45) is 0 Å². The lowest BCUT2D eigenvalue weighted by Crippen LogP contribution is -2.14. The number of rotatable bonds is 4. The van der Waals surface area contributed by atoms with E-state index in [1.54, 1.807) is 12.1 Å². The first-order valence-corrected chi connectivity index (χ1v) is 9.34. The number of benzene rings is 2. The van der Waals surface area contributed by atoms with Crippen LogP contribution in [0.4, 0.5) is 5.69 Å². The van der Waals surface area contributed by atoms with Crippen LogP contribution in [0.25, 0.3) is 11.8 Å². The molecule has 0 bridgehead atoms. The van der Waals surface area contributed by atoms with Gasteiger partial charge in [-0.1, -0.05) is 39.1 Å². The van der Waals surface area contributed by atoms with Gasteiger partial charge in [0.25, 0.3) is 5.91 Å². The molecule has 27 heavy (non-hydrogen) atoms. The van der Waals surface area contributed by atoms with Gasteiger partial charge in [-0.05, 0) is 60.7 Å². The van der Waals surface area contributed by atoms with Crippen molar-refractivity contribution in [2.75, 3.05) is 5.32 Å². The van der Waals surface area contributed by atoms with Crippen LogP contribution in [-0.4, -0.2) is 10.5 Å². The van der Waals surface area contributed by atoms with Crippen LogP contribution in [0.15, 0.2) is 70.8 Å². The average Bonchev–Trinajstić information content (AvgIpc) is 3.10. The Labute approximate surface area is 174 Å². The molecule has 0 unspecified atom stereocenters. The van der Waals surface area contributed by atoms with Crippen LogP contribution in [0, 0.1) is 11.3 Å². The number of carbonyl (C=O) groups excluding carboxylic acids is 1. The van der Waals surface area contributed by atoms with Crippen LogP contribution in [0.5, 0.6) is 0 Å². The van der Waals surface area contributed by atoms with Gasteiger partial charge in [0.1, 0.15) is 11.6 Å². The van der Waals surface area contributed by atoms with Gasteiger partial charge in [-0.15, -0.1) is 0 Å². The zero-order valence-corrected chi connectivity index (χ0v) is 16.9. The number of nitrogens with one attached hydrogen (secondary N) is 1. The summed E-state index contributed by atoms with van der Waals surface area (Å²) in [5.41, 5.74) is 1.95. The van der Waals surface area contributed by atoms with E-state index in [0.29, 0.717) is 21.4 Å². The van der Waals surface area contributed by atoms with Gasteiger partial charge in [-0.2, -0.15) is 5.26 Å². The highest BCUT2D eigenvalue weighted by molar-refractivity contribution is 9.10. The molecule has 1 amide bonds. The van der Waals surface area contributed by atoms with E-state index in [2.05, 4.69) is 21.2 Å². The highest BCUT2D eigenvalue weighted by Gasteiger charge is 2.13. The zero-order chi connectivity index (χ0) is 19.4. The van der Waals surface area contributed by atoms with Gasteiger partial charge in [0.2, 0.25) is 0 Å². The van der Waals surface area contributed by atoms with E-state index in [0.717, 1.165) is 10.2 Å². The van der Waals surface area contributed by atoms with Crippen molar-refractivity contribution >= 4 is 56.8 Å². The molecule has 2 aromatic carbocycles. The molecule has 1 N–H and O–H groups in total. The maximum absolute atomic E-state index is 12.5. The average molecular weight is 461 g/mol. The third-order valence-electron chi connectivity index (χ3n) is 3.72. The van der Waals surface area contributed by atoms with E-state index in [1.165, 1.54) is 12.1 Å². The number of amides is 1. The van der Waals surface area contributed by atoms with Crippen molar-refractivity contribution in [1.82, 2.24) is 4.57 Å². The third-order valence-corrected chi connectivity index (χ3v) is 4.80. The normalized spacial score (nSPS) is 11.1. The van der Waals surface area contributed by atoms with Crippen LogP contribution in [0.2, 0.25) is 10.0 Å². The second-order valence-electron chi connectivity index (χ2n) is 5.53. The van der Waals surface area contributed by atoms with Crippen LogP contribution in [0.3, 0.4) is 0 Å². The number of aromatic nitrogens is 1. The molecule has 0 fully saturated rings. The number of carbonyl (C=O) groups is 1. The van der Waals surface area contributed by atoms with Gasteiger partial charge in [0.15, 0.2) is 0 Å². The number of anilines is 1. The Morgan fingerprint density at radius 3 is 2.56 bits per heavy atom. The second kappa shape index (κ2) is 8.45. The maximum atomic E-state index is 12.5. The summed E-state index contributed by atoms with van der Waals surface area (Å²) >= 11 is 15.3. The summed E-state index contributed by atoms with van der Waals surface area (Å²) in [5, 5.41) is 12.8. The molecular formula is C20H12BrCl2N3O. The quantitative estimate of drug-likeness (QED) is 0.378. The molecule has 0 aliphatic heterocycles. The predicted molar refractivity (Wildman–Crippen MR) is 112 cm³/mol. The fourth-order valence-electron chi connectivity index (χ4n) is 2.43. The molecule has 3 aromatic rings. The van der Waals surface area contributed by atoms with Gasteiger partial charge in [0.05, 0.1) is 10.7 Å². The van der Waals surface area contributed by atoms with Crippen LogP contribution < -0.4 is 5.32 Å². The van der Waals surface area contributed by atoms with E-state index in [9.17, 15) is 10.1 Å². The molecule has 1 aromatic heterocycles. The first-order chi connectivity index (χ1) is 13.0. The molecule has 0 atom stereocenters. The minimum absolute atomic E-state index is 0.0434. The lowest BCUT2D eigenvalue weighted by atomic mass is 10.2. The van der Waals surface area contributed by atoms with E-state index in [4.69, 9.17) is 23.2 Å². The first kappa shape index (κ1) is 19.2. The van der Waals surface area contributed by atoms with Crippen LogP contribution in [-0.2, 0) is 4.79 Å². The smallest absolute Gasteiger partial charge is 0.266 e. The molecule has 0 saturated heterocycles. The van der Waals surface area contributed by atoms with E-state index < -0.39 is 5.91 Å². The van der Waals surface area contributed by atoms with Gasteiger partial charge in [-0.25, -0.2) is 0 Å². The van der Waals surface area contributed by atoms with E-state index in [1.807, 2.05) is 53.2 Å². The number of halogens is 3. The van der Waals surface area contributed by atoms with Gasteiger partial charge in [0, 0.05) is 27.1 Å². The molecule has 7 heteroatoms. The minimum Gasteiger partial charge on any atom is -0.320 e. The molecule has 0 spiro atoms. The standard InChI is InChI=1S/C20H12BrCl2N3O/c21-14-3-6-16(7-4-14)26-9-1-2-17(26)10-13(12-24)20(27)25-19-8-5-15(22)11-18(19)23/h1-11H,(H,25,27)/b13-10+. The molecular weight excluding hydrogens is 449 g/mol. The largest absolute Gasteiger partial charge is 0.320 e. The maximum Gasteiger partial charge on any atom is 0.266 e. The Kier molecular flexibility index (Phi) is 6.02. The topological polar surface area (TPSA) is 57.8 Å². The molecule has 0 saturated carbocycles. The molecule has 1 heterocycles. The summed E-state index contributed by atoms with van der Waals surface area (Å²) in [7, 11) is 0. The zero-order valence-electron chi connectivity index (χ0n) is 13.8. The lowest BCUT2D eigenvalue weighted by molar-refractivity contribution is -0.112. The van der Waals surface area contributed by atoms with E-state index >= 15 is 0 Å². The van der Waals surface area contributed by atoms with Gasteiger partial charge in [-0.3, -0.25) is 4.79 Å². The van der Waals surface area contributed by atoms with Crippen molar-refractivity contribution in [3.8, 4) is 11.8 Å². The van der Waals surface area contributed by atoms with Crippen molar-refractivity contribution < 1.29 is 4.79 Å². The van der Waals surface area contributed by atoms with Crippen molar-refractivity contribution in [3.63, 3.8) is 0 Å². The van der Waals surface area contributed by atoms with Crippen molar-refractivity contribution in [2.45, 2.75) is 0 Å². The van der Waals surface area contributed by atoms with Crippen molar-refractivity contribution in [3.05, 3.63) is 86.6 Å². The van der Waals surface area contributed by atoms with E-state index in [-0.39, 0.29) is 5.57 Å². The van der Waals surface area contributed by atoms with Crippen LogP contribution >= 0.6 is 39.1 Å². The Morgan fingerprint density at radius 1 is 1.15 bits per heavy atom. The Balaban J connectivity index is 1.89.